The van der Waals surface area contributed by atoms with Crippen molar-refractivity contribution in [3.63, 3.8) is 0 Å². The van der Waals surface area contributed by atoms with Crippen LogP contribution >= 0.6 is 0 Å². The molecule has 3 amide bonds. The molecular formula is C44H86N8O18S3. The lowest BCUT2D eigenvalue weighted by atomic mass is 10.1. The van der Waals surface area contributed by atoms with E-state index in [4.69, 9.17) is 24.4 Å². The Kier molecular flexibility index (Phi) is 27.3. The Morgan fingerprint density at radius 2 is 0.877 bits per heavy atom. The molecule has 0 aromatic carbocycles. The zero-order valence-electron chi connectivity index (χ0n) is 45.4. The minimum absolute atomic E-state index is 0.0262. The quantitative estimate of drug-likeness (QED) is 0.157. The molecular weight excluding hydrogens is 1020 g/mol. The van der Waals surface area contributed by atoms with Crippen molar-refractivity contribution in [2.24, 2.45) is 0 Å². The van der Waals surface area contributed by atoms with Crippen LogP contribution in [0.15, 0.2) is 0 Å². The van der Waals surface area contributed by atoms with Crippen molar-refractivity contribution in [3.8, 4) is 0 Å². The number of sulfonamides is 3. The Morgan fingerprint density at radius 3 is 1.27 bits per heavy atom. The lowest BCUT2D eigenvalue weighted by Gasteiger charge is -2.40. The van der Waals surface area contributed by atoms with Crippen LogP contribution in [0.3, 0.4) is 0 Å². The van der Waals surface area contributed by atoms with Gasteiger partial charge in [0.1, 0.15) is 16.8 Å². The number of rotatable bonds is 11. The van der Waals surface area contributed by atoms with Crippen LogP contribution in [0.2, 0.25) is 0 Å². The number of ether oxygens (including phenoxy) is 5. The normalized spacial score (nSPS) is 21.9. The summed E-state index contributed by atoms with van der Waals surface area (Å²) in [5, 5.41) is 24.1. The highest BCUT2D eigenvalue weighted by atomic mass is 32.2. The highest BCUT2D eigenvalue weighted by Gasteiger charge is 2.39. The standard InChI is InChI=1S/C13H24N2O6S.C12H24N2O5S.C12H22N2O4.C7H16N2O3S/c1-13(2,3)21-12(17)14-6-7-15(22(5,18)19)10(9-14)8-11(16)20-4;1-12(2,3)19-11(16)13-6-7-14(20(4,17)18)10(9-13)5-8-15;1-12(2,3)18-11(16)14-6-5-13-9(8-14)7-10(15)17-4;1-13(11,12)9-4-3-8-6-7(9)2-5-10/h10H,6-9H2,1-5H3;10,15H,5-9H2,1-4H3;9,13H,5-8H2,1-4H3;7-8,10H,2-6H2,1H3. The van der Waals surface area contributed by atoms with Crippen LogP contribution in [0.4, 0.5) is 14.4 Å². The van der Waals surface area contributed by atoms with Gasteiger partial charge >= 0.3 is 30.2 Å². The molecule has 26 nitrogen and oxygen atoms in total. The second kappa shape index (κ2) is 29.6. The van der Waals surface area contributed by atoms with Gasteiger partial charge in [0, 0.05) is 110 Å². The summed E-state index contributed by atoms with van der Waals surface area (Å²) in [7, 11) is -7.32. The summed E-state index contributed by atoms with van der Waals surface area (Å²) < 4.78 is 98.7. The monoisotopic (exact) mass is 1110 g/mol. The molecule has 29 heteroatoms. The zero-order valence-corrected chi connectivity index (χ0v) is 47.8. The summed E-state index contributed by atoms with van der Waals surface area (Å²) in [4.78, 5) is 63.2. The van der Waals surface area contributed by atoms with Crippen molar-refractivity contribution >= 4 is 60.3 Å². The molecule has 0 aromatic rings. The van der Waals surface area contributed by atoms with Gasteiger partial charge in [-0.1, -0.05) is 0 Å². The molecule has 4 fully saturated rings. The van der Waals surface area contributed by atoms with Crippen molar-refractivity contribution in [3.05, 3.63) is 0 Å². The van der Waals surface area contributed by atoms with E-state index in [-0.39, 0.29) is 82.9 Å². The van der Waals surface area contributed by atoms with Gasteiger partial charge in [-0.05, 0) is 75.2 Å². The largest absolute Gasteiger partial charge is 0.469 e. The Hall–Kier alpha value is -3.68. The number of nitrogens with one attached hydrogen (secondary N) is 2. The number of aliphatic hydroxyl groups excluding tert-OH is 2. The highest BCUT2D eigenvalue weighted by Crippen LogP contribution is 2.21. The number of piperazine rings is 4. The molecule has 4 atom stereocenters. The lowest BCUT2D eigenvalue weighted by molar-refractivity contribution is -0.142. The van der Waals surface area contributed by atoms with E-state index in [1.165, 1.54) is 43.2 Å². The molecule has 4 unspecified atom stereocenters. The summed E-state index contributed by atoms with van der Waals surface area (Å²) in [5.41, 5.74) is -1.72. The van der Waals surface area contributed by atoms with Gasteiger partial charge in [0.2, 0.25) is 30.1 Å². The number of esters is 2. The third-order valence-corrected chi connectivity index (χ3v) is 14.8. The molecule has 73 heavy (non-hydrogen) atoms. The summed E-state index contributed by atoms with van der Waals surface area (Å²) in [6, 6.07) is -1.22. The van der Waals surface area contributed by atoms with E-state index in [2.05, 4.69) is 20.1 Å². The Bertz CT molecular complexity index is 2110. The van der Waals surface area contributed by atoms with Crippen LogP contribution in [0, 0.1) is 0 Å². The van der Waals surface area contributed by atoms with Crippen LogP contribution in [0.1, 0.15) is 88.0 Å². The predicted molar refractivity (Wildman–Crippen MR) is 271 cm³/mol. The van der Waals surface area contributed by atoms with Gasteiger partial charge in [0.15, 0.2) is 0 Å². The molecule has 0 saturated carbocycles. The summed E-state index contributed by atoms with van der Waals surface area (Å²) in [5.74, 6) is -0.803. The maximum absolute atomic E-state index is 12.1. The number of amides is 3. The van der Waals surface area contributed by atoms with E-state index in [1.807, 2.05) is 20.8 Å². The summed E-state index contributed by atoms with van der Waals surface area (Å²) >= 11 is 0. The molecule has 4 aliphatic rings. The van der Waals surface area contributed by atoms with Gasteiger partial charge in [-0.25, -0.2) is 39.6 Å². The van der Waals surface area contributed by atoms with Gasteiger partial charge in [0.05, 0.1) is 51.9 Å². The van der Waals surface area contributed by atoms with Gasteiger partial charge in [-0.15, -0.1) is 0 Å². The van der Waals surface area contributed by atoms with E-state index in [0.717, 1.165) is 12.5 Å². The van der Waals surface area contributed by atoms with E-state index in [1.54, 1.807) is 46.4 Å². The van der Waals surface area contributed by atoms with Crippen molar-refractivity contribution < 1.29 is 83.1 Å². The molecule has 0 radical (unpaired) electrons. The fourth-order valence-corrected chi connectivity index (χ4v) is 11.0. The van der Waals surface area contributed by atoms with Crippen molar-refractivity contribution in [1.29, 1.82) is 0 Å². The minimum atomic E-state index is -3.47. The Balaban J connectivity index is 0.000000494. The molecule has 4 saturated heterocycles. The number of carbonyl (C=O) groups excluding carboxylic acids is 5. The van der Waals surface area contributed by atoms with Crippen molar-refractivity contribution in [2.75, 3.05) is 125 Å². The molecule has 0 bridgehead atoms. The number of nitrogens with zero attached hydrogens (tertiary/aromatic N) is 6. The van der Waals surface area contributed by atoms with Gasteiger partial charge < -0.3 is 59.2 Å². The van der Waals surface area contributed by atoms with Crippen molar-refractivity contribution in [1.82, 2.24) is 38.2 Å². The number of hydrogen-bond acceptors (Lipinski definition) is 20. The van der Waals surface area contributed by atoms with E-state index < -0.39 is 77.1 Å². The maximum Gasteiger partial charge on any atom is 0.410 e. The molecule has 0 spiro atoms. The van der Waals surface area contributed by atoms with Gasteiger partial charge in [0.25, 0.3) is 0 Å². The van der Waals surface area contributed by atoms with Gasteiger partial charge in [-0.3, -0.25) is 9.59 Å². The summed E-state index contributed by atoms with van der Waals surface area (Å²) in [6.07, 6.45) is 3.08. The smallest absolute Gasteiger partial charge is 0.410 e. The highest BCUT2D eigenvalue weighted by molar-refractivity contribution is 7.88. The average molecular weight is 1110 g/mol. The minimum Gasteiger partial charge on any atom is -0.469 e. The van der Waals surface area contributed by atoms with Crippen LogP contribution < -0.4 is 10.6 Å². The van der Waals surface area contributed by atoms with Crippen LogP contribution in [-0.2, 0) is 63.3 Å². The molecule has 0 aliphatic carbocycles. The third-order valence-electron chi connectivity index (χ3n) is 10.8. The predicted octanol–water partition coefficient (Wildman–Crippen LogP) is 0.0407. The topological polar surface area (TPSA) is 318 Å². The molecule has 0 aromatic heterocycles. The fraction of sp³-hybridized carbons (Fsp3) is 0.886. The fourth-order valence-electron chi connectivity index (χ4n) is 7.67. The molecule has 4 rings (SSSR count). The first-order chi connectivity index (χ1) is 33.3. The number of methoxy groups -OCH3 is 2. The van der Waals surface area contributed by atoms with Crippen LogP contribution in [-0.4, -0.2) is 259 Å². The van der Waals surface area contributed by atoms with Crippen LogP contribution in [0.5, 0.6) is 0 Å². The SMILES string of the molecule is CC(C)(C)OC(=O)N1CCN(S(C)(=O)=O)C(CCO)C1.COC(=O)CC1CN(C(=O)OC(C)(C)C)CCN1.COC(=O)CC1CN(C(=O)OC(C)(C)C)CCN1S(C)(=O)=O.CS(=O)(=O)N1CCNCC1CCO. The molecule has 4 N–H and O–H groups in total. The number of carbonyl (C=O) groups is 5. The third kappa shape index (κ3) is 26.6. The summed E-state index contributed by atoms with van der Waals surface area (Å²) in [6.45, 7) is 20.7. The first kappa shape index (κ1) is 67.3. The van der Waals surface area contributed by atoms with E-state index in [9.17, 15) is 49.2 Å². The second-order valence-electron chi connectivity index (χ2n) is 20.8. The first-order valence-electron chi connectivity index (χ1n) is 24.0. The molecule has 4 aliphatic heterocycles. The zero-order chi connectivity index (χ0) is 56.3. The average Bonchev–Trinajstić information content (AvgIpc) is 3.24. The Morgan fingerprint density at radius 1 is 0.507 bits per heavy atom. The van der Waals surface area contributed by atoms with Crippen molar-refractivity contribution in [2.45, 2.75) is 129 Å². The molecule has 4 heterocycles. The number of aliphatic hydroxyl groups is 2. The van der Waals surface area contributed by atoms with Crippen LogP contribution in [0.25, 0.3) is 0 Å². The Labute approximate surface area is 433 Å². The number of hydrogen-bond donors (Lipinski definition) is 4. The lowest BCUT2D eigenvalue weighted by Crippen LogP contribution is -2.57. The maximum atomic E-state index is 12.1. The second-order valence-corrected chi connectivity index (χ2v) is 26.6. The first-order valence-corrected chi connectivity index (χ1v) is 29.5. The van der Waals surface area contributed by atoms with E-state index in [0.29, 0.717) is 58.7 Å². The van der Waals surface area contributed by atoms with Gasteiger partial charge in [-0.2, -0.15) is 12.9 Å². The van der Waals surface area contributed by atoms with E-state index >= 15 is 0 Å². The molecule has 428 valence electrons.